The van der Waals surface area contributed by atoms with Gasteiger partial charge in [0.25, 0.3) is 0 Å². The van der Waals surface area contributed by atoms with Crippen LogP contribution in [0, 0.1) is 0 Å². The summed E-state index contributed by atoms with van der Waals surface area (Å²) in [7, 11) is 0. The van der Waals surface area contributed by atoms with Crippen LogP contribution in [0.25, 0.3) is 0 Å². The molecule has 0 saturated carbocycles. The van der Waals surface area contributed by atoms with Gasteiger partial charge in [-0.05, 0) is 34.8 Å². The molecule has 1 unspecified atom stereocenters. The predicted octanol–water partition coefficient (Wildman–Crippen LogP) is 4.28. The Morgan fingerprint density at radius 2 is 2.13 bits per heavy atom. The Kier molecular flexibility index (Phi) is 4.61. The van der Waals surface area contributed by atoms with Crippen LogP contribution in [0.3, 0.4) is 0 Å². The minimum Gasteiger partial charge on any atom is -0.388 e. The second-order valence-electron chi connectivity index (χ2n) is 3.19. The maximum atomic E-state index is 11.8. The molecule has 1 rings (SSSR count). The molecule has 1 aromatic rings. The highest BCUT2D eigenvalue weighted by Gasteiger charge is 2.26. The van der Waals surface area contributed by atoms with Gasteiger partial charge >= 0.3 is 6.18 Å². The summed E-state index contributed by atoms with van der Waals surface area (Å²) >= 11 is 4.56. The molecule has 86 valence electrons. The molecule has 1 N–H and O–H groups in total. The van der Waals surface area contributed by atoms with E-state index in [0.29, 0.717) is 4.88 Å². The second kappa shape index (κ2) is 5.32. The summed E-state index contributed by atoms with van der Waals surface area (Å²) < 4.78 is 36.3. The fourth-order valence-electron chi connectivity index (χ4n) is 1.14. The summed E-state index contributed by atoms with van der Waals surface area (Å²) in [6.07, 6.45) is -5.65. The fourth-order valence-corrected chi connectivity index (χ4v) is 2.61. The van der Waals surface area contributed by atoms with Crippen molar-refractivity contribution in [1.82, 2.24) is 0 Å². The second-order valence-corrected chi connectivity index (χ2v) is 5.05. The van der Waals surface area contributed by atoms with Crippen molar-refractivity contribution in [3.8, 4) is 0 Å². The maximum Gasteiger partial charge on any atom is 0.389 e. The van der Waals surface area contributed by atoms with Crippen LogP contribution in [-0.2, 0) is 0 Å². The first-order valence-electron chi connectivity index (χ1n) is 4.37. The molecule has 1 heterocycles. The van der Waals surface area contributed by atoms with Gasteiger partial charge in [0.05, 0.1) is 6.10 Å². The maximum absolute atomic E-state index is 11.8. The molecule has 0 saturated heterocycles. The van der Waals surface area contributed by atoms with E-state index in [-0.39, 0.29) is 12.8 Å². The standard InChI is InChI=1S/C9H10BrF3OS/c10-6-4-8(15-5-6)7(14)2-1-3-9(11,12)13/h4-5,7,14H,1-3H2. The Hall–Kier alpha value is -0.0700. The molecule has 0 amide bonds. The quantitative estimate of drug-likeness (QED) is 0.880. The van der Waals surface area contributed by atoms with Crippen molar-refractivity contribution in [2.24, 2.45) is 0 Å². The number of thiophene rings is 1. The van der Waals surface area contributed by atoms with Crippen LogP contribution in [0.15, 0.2) is 15.9 Å². The number of hydrogen-bond acceptors (Lipinski definition) is 2. The van der Waals surface area contributed by atoms with E-state index in [1.54, 1.807) is 11.4 Å². The lowest BCUT2D eigenvalue weighted by molar-refractivity contribution is -0.136. The van der Waals surface area contributed by atoms with E-state index in [4.69, 9.17) is 0 Å². The molecule has 0 aliphatic rings. The molecule has 0 aromatic carbocycles. The van der Waals surface area contributed by atoms with E-state index < -0.39 is 18.7 Å². The predicted molar refractivity (Wildman–Crippen MR) is 56.9 cm³/mol. The van der Waals surface area contributed by atoms with Crippen molar-refractivity contribution in [3.63, 3.8) is 0 Å². The van der Waals surface area contributed by atoms with Gasteiger partial charge in [0.1, 0.15) is 0 Å². The van der Waals surface area contributed by atoms with Crippen molar-refractivity contribution in [2.45, 2.75) is 31.5 Å². The molecule has 0 spiro atoms. The topological polar surface area (TPSA) is 20.2 Å². The lowest BCUT2D eigenvalue weighted by Crippen LogP contribution is -2.07. The molecule has 1 aromatic heterocycles. The third-order valence-corrected chi connectivity index (χ3v) is 3.65. The average molecular weight is 303 g/mol. The first-order valence-corrected chi connectivity index (χ1v) is 6.04. The van der Waals surface area contributed by atoms with Crippen LogP contribution in [0.2, 0.25) is 0 Å². The van der Waals surface area contributed by atoms with Gasteiger partial charge in [0.2, 0.25) is 0 Å². The first kappa shape index (κ1) is 13.0. The van der Waals surface area contributed by atoms with Crippen molar-refractivity contribution in [2.75, 3.05) is 0 Å². The summed E-state index contributed by atoms with van der Waals surface area (Å²) in [4.78, 5) is 0.698. The van der Waals surface area contributed by atoms with Crippen LogP contribution in [0.4, 0.5) is 13.2 Å². The van der Waals surface area contributed by atoms with Gasteiger partial charge in [-0.25, -0.2) is 0 Å². The van der Waals surface area contributed by atoms with Crippen LogP contribution >= 0.6 is 27.3 Å². The third-order valence-electron chi connectivity index (χ3n) is 1.85. The summed E-state index contributed by atoms with van der Waals surface area (Å²) in [5.74, 6) is 0. The van der Waals surface area contributed by atoms with Crippen LogP contribution in [0.1, 0.15) is 30.2 Å². The molecule has 1 nitrogen and oxygen atoms in total. The van der Waals surface area contributed by atoms with Crippen LogP contribution in [-0.4, -0.2) is 11.3 Å². The van der Waals surface area contributed by atoms with Gasteiger partial charge in [-0.15, -0.1) is 11.3 Å². The van der Waals surface area contributed by atoms with E-state index in [1.807, 2.05) is 0 Å². The molecular weight excluding hydrogens is 293 g/mol. The highest BCUT2D eigenvalue weighted by molar-refractivity contribution is 9.10. The van der Waals surface area contributed by atoms with Crippen LogP contribution in [0.5, 0.6) is 0 Å². The summed E-state index contributed by atoms with van der Waals surface area (Å²) in [6.45, 7) is 0. The monoisotopic (exact) mass is 302 g/mol. The Morgan fingerprint density at radius 1 is 1.47 bits per heavy atom. The largest absolute Gasteiger partial charge is 0.389 e. The average Bonchev–Trinajstić information content (AvgIpc) is 2.49. The zero-order valence-electron chi connectivity index (χ0n) is 7.72. The molecule has 0 aliphatic carbocycles. The van der Waals surface area contributed by atoms with Crippen LogP contribution < -0.4 is 0 Å². The smallest absolute Gasteiger partial charge is 0.388 e. The van der Waals surface area contributed by atoms with Gasteiger partial charge in [-0.2, -0.15) is 13.2 Å². The molecule has 0 fully saturated rings. The number of aliphatic hydroxyl groups excluding tert-OH is 1. The van der Waals surface area contributed by atoms with Gasteiger partial charge in [-0.3, -0.25) is 0 Å². The van der Waals surface area contributed by atoms with Crippen molar-refractivity contribution < 1.29 is 18.3 Å². The van der Waals surface area contributed by atoms with Crippen molar-refractivity contribution >= 4 is 27.3 Å². The van der Waals surface area contributed by atoms with E-state index in [2.05, 4.69) is 15.9 Å². The molecule has 0 radical (unpaired) electrons. The first-order chi connectivity index (χ1) is 6.88. The van der Waals surface area contributed by atoms with Gasteiger partial charge in [-0.1, -0.05) is 0 Å². The highest BCUT2D eigenvalue weighted by Crippen LogP contribution is 2.30. The number of hydrogen-bond donors (Lipinski definition) is 1. The normalized spacial score (nSPS) is 14.2. The van der Waals surface area contributed by atoms with E-state index >= 15 is 0 Å². The Labute approximate surface area is 98.1 Å². The lowest BCUT2D eigenvalue weighted by atomic mass is 10.1. The number of rotatable bonds is 4. The van der Waals surface area contributed by atoms with E-state index in [9.17, 15) is 18.3 Å². The summed E-state index contributed by atoms with van der Waals surface area (Å²) in [6, 6.07) is 1.73. The SMILES string of the molecule is OC(CCCC(F)(F)F)c1cc(Br)cs1. The van der Waals surface area contributed by atoms with Gasteiger partial charge in [0.15, 0.2) is 0 Å². The Bertz CT molecular complexity index is 311. The molecular formula is C9H10BrF3OS. The van der Waals surface area contributed by atoms with E-state index in [1.165, 1.54) is 11.3 Å². The lowest BCUT2D eigenvalue weighted by Gasteiger charge is -2.09. The molecule has 0 bridgehead atoms. The van der Waals surface area contributed by atoms with Gasteiger partial charge in [0, 0.05) is 21.2 Å². The zero-order valence-corrected chi connectivity index (χ0v) is 10.1. The zero-order chi connectivity index (χ0) is 11.5. The summed E-state index contributed by atoms with van der Waals surface area (Å²) in [5, 5.41) is 11.3. The van der Waals surface area contributed by atoms with Crippen molar-refractivity contribution in [3.05, 3.63) is 20.8 Å². The minimum atomic E-state index is -4.13. The number of aliphatic hydroxyl groups is 1. The number of halogens is 4. The Balaban J connectivity index is 2.34. The molecule has 6 heteroatoms. The molecule has 15 heavy (non-hydrogen) atoms. The molecule has 1 atom stereocenters. The fraction of sp³-hybridized carbons (Fsp3) is 0.556. The minimum absolute atomic E-state index is 0.0415. The highest BCUT2D eigenvalue weighted by atomic mass is 79.9. The van der Waals surface area contributed by atoms with E-state index in [0.717, 1.165) is 4.47 Å². The van der Waals surface area contributed by atoms with Crippen molar-refractivity contribution in [1.29, 1.82) is 0 Å². The molecule has 0 aliphatic heterocycles. The third kappa shape index (κ3) is 4.99. The van der Waals surface area contributed by atoms with Gasteiger partial charge < -0.3 is 5.11 Å². The Morgan fingerprint density at radius 3 is 2.60 bits per heavy atom. The summed E-state index contributed by atoms with van der Waals surface area (Å²) in [5.41, 5.74) is 0. The number of alkyl halides is 3.